The number of carbonyl (C=O) groups is 2. The van der Waals surface area contributed by atoms with Crippen LogP contribution in [0.4, 0.5) is 0 Å². The average molecular weight is 330 g/mol. The van der Waals surface area contributed by atoms with Crippen molar-refractivity contribution in [3.63, 3.8) is 0 Å². The Bertz CT molecular complexity index is 481. The summed E-state index contributed by atoms with van der Waals surface area (Å²) in [5, 5.41) is 5.13. The molecule has 0 saturated heterocycles. The molecule has 124 valence electrons. The number of carbonyl (C=O) groups excluding carboxylic acids is 2. The summed E-state index contributed by atoms with van der Waals surface area (Å²) < 4.78 is 5.62. The number of amides is 2. The van der Waals surface area contributed by atoms with Gasteiger partial charge in [-0.2, -0.15) is 0 Å². The third-order valence-electron chi connectivity index (χ3n) is 2.60. The Morgan fingerprint density at radius 3 is 2.59 bits per heavy atom. The summed E-state index contributed by atoms with van der Waals surface area (Å²) >= 11 is 0. The van der Waals surface area contributed by atoms with Crippen molar-refractivity contribution in [1.29, 1.82) is 0 Å². The van der Waals surface area contributed by atoms with Gasteiger partial charge in [0.05, 0.1) is 19.7 Å². The van der Waals surface area contributed by atoms with Crippen molar-refractivity contribution in [2.75, 3.05) is 19.7 Å². The summed E-state index contributed by atoms with van der Waals surface area (Å²) in [5.74, 6) is 0.630. The third kappa shape index (κ3) is 8.49. The Labute approximate surface area is 137 Å². The molecule has 0 fully saturated rings. The molecule has 4 N–H and O–H groups in total. The van der Waals surface area contributed by atoms with Gasteiger partial charge in [0.15, 0.2) is 0 Å². The van der Waals surface area contributed by atoms with Crippen LogP contribution in [0.15, 0.2) is 24.3 Å². The summed E-state index contributed by atoms with van der Waals surface area (Å²) in [6.45, 7) is 5.01. The number of benzene rings is 1. The maximum atomic E-state index is 11.5. The fourth-order valence-electron chi connectivity index (χ4n) is 1.52. The molecule has 1 aromatic carbocycles. The topological polar surface area (TPSA) is 93.5 Å². The van der Waals surface area contributed by atoms with Crippen LogP contribution in [0.3, 0.4) is 0 Å². The molecule has 1 rings (SSSR count). The lowest BCUT2D eigenvalue weighted by molar-refractivity contribution is -0.125. The SMILES string of the molecule is CC(C)COc1cccc(CNC(=O)CNC(=O)CN)c1.Cl. The van der Waals surface area contributed by atoms with E-state index < -0.39 is 0 Å². The predicted molar refractivity (Wildman–Crippen MR) is 87.9 cm³/mol. The summed E-state index contributed by atoms with van der Waals surface area (Å²) in [6.07, 6.45) is 0. The summed E-state index contributed by atoms with van der Waals surface area (Å²) in [4.78, 5) is 22.5. The van der Waals surface area contributed by atoms with E-state index in [2.05, 4.69) is 24.5 Å². The maximum absolute atomic E-state index is 11.5. The van der Waals surface area contributed by atoms with Gasteiger partial charge in [-0.3, -0.25) is 9.59 Å². The highest BCUT2D eigenvalue weighted by atomic mass is 35.5. The van der Waals surface area contributed by atoms with Crippen molar-refractivity contribution in [2.45, 2.75) is 20.4 Å². The molecule has 0 saturated carbocycles. The van der Waals surface area contributed by atoms with E-state index in [-0.39, 0.29) is 37.3 Å². The van der Waals surface area contributed by atoms with Gasteiger partial charge < -0.3 is 21.1 Å². The molecule has 22 heavy (non-hydrogen) atoms. The van der Waals surface area contributed by atoms with Crippen LogP contribution in [-0.4, -0.2) is 31.5 Å². The van der Waals surface area contributed by atoms with Crippen LogP contribution in [0, 0.1) is 5.92 Å². The largest absolute Gasteiger partial charge is 0.493 e. The second-order valence-electron chi connectivity index (χ2n) is 5.11. The number of hydrogen-bond donors (Lipinski definition) is 3. The molecule has 0 spiro atoms. The third-order valence-corrected chi connectivity index (χ3v) is 2.60. The van der Waals surface area contributed by atoms with Crippen LogP contribution in [0.25, 0.3) is 0 Å². The zero-order valence-corrected chi connectivity index (χ0v) is 13.7. The quantitative estimate of drug-likeness (QED) is 0.658. The van der Waals surface area contributed by atoms with Crippen LogP contribution in [0.5, 0.6) is 5.75 Å². The first-order valence-corrected chi connectivity index (χ1v) is 6.96. The minimum Gasteiger partial charge on any atom is -0.493 e. The number of halogens is 1. The highest BCUT2D eigenvalue weighted by Gasteiger charge is 2.04. The van der Waals surface area contributed by atoms with Gasteiger partial charge in [0.1, 0.15) is 5.75 Å². The van der Waals surface area contributed by atoms with Gasteiger partial charge in [-0.05, 0) is 23.6 Å². The molecule has 0 aliphatic rings. The lowest BCUT2D eigenvalue weighted by atomic mass is 10.2. The fourth-order valence-corrected chi connectivity index (χ4v) is 1.52. The Balaban J connectivity index is 0.00000441. The molecule has 0 heterocycles. The fraction of sp³-hybridized carbons (Fsp3) is 0.467. The molecule has 7 heteroatoms. The van der Waals surface area contributed by atoms with E-state index in [1.54, 1.807) is 0 Å². The van der Waals surface area contributed by atoms with Crippen LogP contribution >= 0.6 is 12.4 Å². The summed E-state index contributed by atoms with van der Waals surface area (Å²) in [5.41, 5.74) is 6.07. The van der Waals surface area contributed by atoms with Crippen molar-refractivity contribution >= 4 is 24.2 Å². The summed E-state index contributed by atoms with van der Waals surface area (Å²) in [6, 6.07) is 7.56. The number of rotatable bonds is 8. The lowest BCUT2D eigenvalue weighted by Gasteiger charge is -2.10. The summed E-state index contributed by atoms with van der Waals surface area (Å²) in [7, 11) is 0. The molecule has 1 aromatic rings. The van der Waals surface area contributed by atoms with E-state index in [9.17, 15) is 9.59 Å². The number of ether oxygens (including phenoxy) is 1. The second kappa shape index (κ2) is 10.9. The van der Waals surface area contributed by atoms with Crippen molar-refractivity contribution in [3.8, 4) is 5.75 Å². The molecule has 2 amide bonds. The molecule has 0 unspecified atom stereocenters. The minimum atomic E-state index is -0.353. The van der Waals surface area contributed by atoms with Crippen LogP contribution in [-0.2, 0) is 16.1 Å². The zero-order chi connectivity index (χ0) is 15.7. The molecule has 0 aliphatic carbocycles. The first-order valence-electron chi connectivity index (χ1n) is 6.96. The smallest absolute Gasteiger partial charge is 0.239 e. The molecular formula is C15H24ClN3O3. The van der Waals surface area contributed by atoms with E-state index in [0.717, 1.165) is 11.3 Å². The number of hydrogen-bond acceptors (Lipinski definition) is 4. The van der Waals surface area contributed by atoms with Gasteiger partial charge >= 0.3 is 0 Å². The first-order chi connectivity index (χ1) is 10.0. The van der Waals surface area contributed by atoms with Crippen LogP contribution in [0.2, 0.25) is 0 Å². The van der Waals surface area contributed by atoms with E-state index in [4.69, 9.17) is 10.5 Å². The predicted octanol–water partition coefficient (Wildman–Crippen LogP) is 0.834. The van der Waals surface area contributed by atoms with Gasteiger partial charge in [0, 0.05) is 6.54 Å². The Morgan fingerprint density at radius 1 is 1.23 bits per heavy atom. The maximum Gasteiger partial charge on any atom is 0.239 e. The Kier molecular flexibility index (Phi) is 9.98. The molecule has 0 radical (unpaired) electrons. The average Bonchev–Trinajstić information content (AvgIpc) is 2.48. The van der Waals surface area contributed by atoms with E-state index in [1.807, 2.05) is 24.3 Å². The monoisotopic (exact) mass is 329 g/mol. The van der Waals surface area contributed by atoms with Crippen molar-refractivity contribution in [2.24, 2.45) is 11.7 Å². The van der Waals surface area contributed by atoms with E-state index in [1.165, 1.54) is 0 Å². The minimum absolute atomic E-state index is 0. The van der Waals surface area contributed by atoms with Crippen molar-refractivity contribution in [1.82, 2.24) is 10.6 Å². The first kappa shape index (κ1) is 20.2. The van der Waals surface area contributed by atoms with Crippen LogP contribution in [0.1, 0.15) is 19.4 Å². The molecule has 6 nitrogen and oxygen atoms in total. The van der Waals surface area contributed by atoms with Gasteiger partial charge in [-0.25, -0.2) is 0 Å². The normalized spacial score (nSPS) is 9.82. The van der Waals surface area contributed by atoms with Crippen LogP contribution < -0.4 is 21.1 Å². The molecule has 0 atom stereocenters. The zero-order valence-electron chi connectivity index (χ0n) is 12.9. The molecular weight excluding hydrogens is 306 g/mol. The van der Waals surface area contributed by atoms with Gasteiger partial charge in [0.25, 0.3) is 0 Å². The second-order valence-corrected chi connectivity index (χ2v) is 5.11. The number of nitrogens with two attached hydrogens (primary N) is 1. The van der Waals surface area contributed by atoms with E-state index >= 15 is 0 Å². The van der Waals surface area contributed by atoms with Gasteiger partial charge in [0.2, 0.25) is 11.8 Å². The lowest BCUT2D eigenvalue weighted by Crippen LogP contribution is -2.39. The van der Waals surface area contributed by atoms with Crippen molar-refractivity contribution < 1.29 is 14.3 Å². The Hall–Kier alpha value is -1.79. The van der Waals surface area contributed by atoms with Crippen molar-refractivity contribution in [3.05, 3.63) is 29.8 Å². The van der Waals surface area contributed by atoms with E-state index in [0.29, 0.717) is 19.1 Å². The number of nitrogens with one attached hydrogen (secondary N) is 2. The molecule has 0 bridgehead atoms. The van der Waals surface area contributed by atoms with Gasteiger partial charge in [-0.15, -0.1) is 12.4 Å². The molecule has 0 aromatic heterocycles. The molecule has 0 aliphatic heterocycles. The highest BCUT2D eigenvalue weighted by Crippen LogP contribution is 2.14. The standard InChI is InChI=1S/C15H23N3O3.ClH/c1-11(2)10-21-13-5-3-4-12(6-13)8-17-15(20)9-18-14(19)7-16;/h3-6,11H,7-10,16H2,1-2H3,(H,17,20)(H,18,19);1H. The highest BCUT2D eigenvalue weighted by molar-refractivity contribution is 5.85. The Morgan fingerprint density at radius 2 is 1.95 bits per heavy atom. The van der Waals surface area contributed by atoms with Gasteiger partial charge in [-0.1, -0.05) is 26.0 Å².